The lowest BCUT2D eigenvalue weighted by Gasteiger charge is -2.12. The van der Waals surface area contributed by atoms with Crippen LogP contribution in [0, 0.1) is 0 Å². The van der Waals surface area contributed by atoms with Crippen LogP contribution in [0.2, 0.25) is 0 Å². The second kappa shape index (κ2) is 4.70. The molecule has 3 rings (SSSR count). The van der Waals surface area contributed by atoms with Crippen molar-refractivity contribution in [2.75, 3.05) is 6.61 Å². The van der Waals surface area contributed by atoms with Crippen LogP contribution in [-0.4, -0.2) is 11.7 Å². The maximum Gasteiger partial charge on any atom is 0.124 e. The van der Waals surface area contributed by atoms with Gasteiger partial charge in [0.05, 0.1) is 6.04 Å². The molecule has 1 aliphatic heterocycles. The Morgan fingerprint density at radius 3 is 2.78 bits per heavy atom. The number of nitrogens with one attached hydrogen (secondary N) is 1. The summed E-state index contributed by atoms with van der Waals surface area (Å²) in [7, 11) is 0. The average molecular weight is 241 g/mol. The van der Waals surface area contributed by atoms with Gasteiger partial charge in [-0.3, -0.25) is 0 Å². The molecule has 2 N–H and O–H groups in total. The first-order valence-corrected chi connectivity index (χ1v) is 6.06. The Hall–Kier alpha value is -2.00. The zero-order chi connectivity index (χ0) is 12.4. The molecule has 0 fully saturated rings. The highest BCUT2D eigenvalue weighted by Gasteiger charge is 2.22. The Morgan fingerprint density at radius 2 is 1.89 bits per heavy atom. The topological polar surface area (TPSA) is 41.5 Å². The number of hydrogen-bond donors (Lipinski definition) is 2. The van der Waals surface area contributed by atoms with Crippen LogP contribution < -0.4 is 10.1 Å². The molecule has 0 saturated carbocycles. The Bertz CT molecular complexity index is 554. The first-order valence-electron chi connectivity index (χ1n) is 6.06. The fourth-order valence-corrected chi connectivity index (χ4v) is 2.23. The Labute approximate surface area is 106 Å². The van der Waals surface area contributed by atoms with Gasteiger partial charge in [-0.15, -0.1) is 0 Å². The van der Waals surface area contributed by atoms with Gasteiger partial charge in [-0.25, -0.2) is 0 Å². The Balaban J connectivity index is 1.71. The van der Waals surface area contributed by atoms with E-state index in [1.54, 1.807) is 6.07 Å². The number of aromatic hydroxyl groups is 1. The zero-order valence-electron chi connectivity index (χ0n) is 9.97. The van der Waals surface area contributed by atoms with Gasteiger partial charge in [-0.05, 0) is 12.1 Å². The van der Waals surface area contributed by atoms with Crippen LogP contribution in [0.5, 0.6) is 11.5 Å². The van der Waals surface area contributed by atoms with Crippen LogP contribution in [0.3, 0.4) is 0 Å². The summed E-state index contributed by atoms with van der Waals surface area (Å²) < 4.78 is 5.60. The molecule has 1 heterocycles. The summed E-state index contributed by atoms with van der Waals surface area (Å²) in [4.78, 5) is 0. The largest absolute Gasteiger partial charge is 0.508 e. The number of fused-ring (bicyclic) bond motifs is 1. The quantitative estimate of drug-likeness (QED) is 0.868. The van der Waals surface area contributed by atoms with Crippen molar-refractivity contribution in [3.05, 3.63) is 59.7 Å². The highest BCUT2D eigenvalue weighted by atomic mass is 16.5. The van der Waals surface area contributed by atoms with E-state index in [0.717, 1.165) is 11.3 Å². The van der Waals surface area contributed by atoms with Crippen molar-refractivity contribution >= 4 is 0 Å². The predicted octanol–water partition coefficient (Wildman–Crippen LogP) is 2.62. The molecule has 0 spiro atoms. The highest BCUT2D eigenvalue weighted by Crippen LogP contribution is 2.32. The number of phenols is 1. The van der Waals surface area contributed by atoms with Crippen molar-refractivity contribution in [2.45, 2.75) is 12.6 Å². The first kappa shape index (κ1) is 11.1. The van der Waals surface area contributed by atoms with E-state index in [0.29, 0.717) is 18.9 Å². The van der Waals surface area contributed by atoms with E-state index in [9.17, 15) is 5.11 Å². The van der Waals surface area contributed by atoms with E-state index >= 15 is 0 Å². The summed E-state index contributed by atoms with van der Waals surface area (Å²) in [5.41, 5.74) is 2.09. The molecule has 3 nitrogen and oxygen atoms in total. The molecule has 3 heteroatoms. The molecule has 1 unspecified atom stereocenters. The molecule has 1 atom stereocenters. The van der Waals surface area contributed by atoms with Gasteiger partial charge in [0.2, 0.25) is 0 Å². The lowest BCUT2D eigenvalue weighted by atomic mass is 10.1. The van der Waals surface area contributed by atoms with Crippen LogP contribution in [0.1, 0.15) is 17.2 Å². The van der Waals surface area contributed by atoms with Gasteiger partial charge < -0.3 is 15.2 Å². The molecule has 0 radical (unpaired) electrons. The standard InChI is InChI=1S/C15H15NO2/c17-14-7-3-1-5-11(14)9-16-13-10-18-15-8-4-2-6-12(13)15/h1-8,13,16-17H,9-10H2. The van der Waals surface area contributed by atoms with Crippen molar-refractivity contribution < 1.29 is 9.84 Å². The summed E-state index contributed by atoms with van der Waals surface area (Å²) in [5, 5.41) is 13.1. The third-order valence-electron chi connectivity index (χ3n) is 3.23. The van der Waals surface area contributed by atoms with Crippen molar-refractivity contribution in [1.29, 1.82) is 0 Å². The molecule has 2 aromatic carbocycles. The molecule has 2 aromatic rings. The number of phenolic OH excluding ortho intramolecular Hbond substituents is 1. The molecule has 0 amide bonds. The lowest BCUT2D eigenvalue weighted by molar-refractivity contribution is 0.310. The molecule has 0 aliphatic carbocycles. The van der Waals surface area contributed by atoms with Crippen LogP contribution in [0.25, 0.3) is 0 Å². The van der Waals surface area contributed by atoms with Crippen molar-refractivity contribution in [3.63, 3.8) is 0 Å². The van der Waals surface area contributed by atoms with E-state index < -0.39 is 0 Å². The first-order chi connectivity index (χ1) is 8.84. The average Bonchev–Trinajstić information content (AvgIpc) is 2.81. The Morgan fingerprint density at radius 1 is 1.11 bits per heavy atom. The van der Waals surface area contributed by atoms with Gasteiger partial charge in [0.25, 0.3) is 0 Å². The summed E-state index contributed by atoms with van der Waals surface area (Å²) in [5.74, 6) is 1.28. The van der Waals surface area contributed by atoms with Gasteiger partial charge in [0, 0.05) is 17.7 Å². The Kier molecular flexibility index (Phi) is 2.90. The minimum atomic E-state index is 0.195. The van der Waals surface area contributed by atoms with E-state index in [-0.39, 0.29) is 6.04 Å². The minimum Gasteiger partial charge on any atom is -0.508 e. The predicted molar refractivity (Wildman–Crippen MR) is 69.6 cm³/mol. The fourth-order valence-electron chi connectivity index (χ4n) is 2.23. The second-order valence-electron chi connectivity index (χ2n) is 4.41. The third kappa shape index (κ3) is 2.05. The molecular formula is C15H15NO2. The third-order valence-corrected chi connectivity index (χ3v) is 3.23. The smallest absolute Gasteiger partial charge is 0.124 e. The highest BCUT2D eigenvalue weighted by molar-refractivity contribution is 5.39. The number of benzene rings is 2. The van der Waals surface area contributed by atoms with Crippen molar-refractivity contribution in [1.82, 2.24) is 5.32 Å². The van der Waals surface area contributed by atoms with E-state index in [1.807, 2.05) is 36.4 Å². The maximum absolute atomic E-state index is 9.71. The molecule has 18 heavy (non-hydrogen) atoms. The molecule has 0 saturated heterocycles. The summed E-state index contributed by atoms with van der Waals surface area (Å²) in [6, 6.07) is 15.6. The monoisotopic (exact) mass is 241 g/mol. The second-order valence-corrected chi connectivity index (χ2v) is 4.41. The number of para-hydroxylation sites is 2. The van der Waals surface area contributed by atoms with Crippen LogP contribution in [0.4, 0.5) is 0 Å². The molecule has 0 bridgehead atoms. The van der Waals surface area contributed by atoms with E-state index in [2.05, 4.69) is 11.4 Å². The van der Waals surface area contributed by atoms with Gasteiger partial charge in [-0.2, -0.15) is 0 Å². The normalized spacial score (nSPS) is 17.2. The molecular weight excluding hydrogens is 226 g/mol. The number of hydrogen-bond acceptors (Lipinski definition) is 3. The minimum absolute atomic E-state index is 0.195. The maximum atomic E-state index is 9.71. The zero-order valence-corrected chi connectivity index (χ0v) is 9.97. The van der Waals surface area contributed by atoms with Gasteiger partial charge in [0.1, 0.15) is 18.1 Å². The van der Waals surface area contributed by atoms with Crippen LogP contribution >= 0.6 is 0 Å². The molecule has 92 valence electrons. The van der Waals surface area contributed by atoms with E-state index in [1.165, 1.54) is 5.56 Å². The van der Waals surface area contributed by atoms with E-state index in [4.69, 9.17) is 4.74 Å². The summed E-state index contributed by atoms with van der Waals surface area (Å²) in [6.07, 6.45) is 0. The summed E-state index contributed by atoms with van der Waals surface area (Å²) >= 11 is 0. The van der Waals surface area contributed by atoms with Crippen LogP contribution in [-0.2, 0) is 6.54 Å². The molecule has 0 aromatic heterocycles. The number of rotatable bonds is 3. The van der Waals surface area contributed by atoms with Gasteiger partial charge in [-0.1, -0.05) is 36.4 Å². The number of ether oxygens (including phenoxy) is 1. The summed E-state index contributed by atoms with van der Waals surface area (Å²) in [6.45, 7) is 1.28. The lowest BCUT2D eigenvalue weighted by Crippen LogP contribution is -2.21. The van der Waals surface area contributed by atoms with Crippen molar-refractivity contribution in [3.8, 4) is 11.5 Å². The SMILES string of the molecule is Oc1ccccc1CNC1COc2ccccc21. The van der Waals surface area contributed by atoms with Crippen molar-refractivity contribution in [2.24, 2.45) is 0 Å². The molecule has 1 aliphatic rings. The van der Waals surface area contributed by atoms with Gasteiger partial charge >= 0.3 is 0 Å². The van der Waals surface area contributed by atoms with Gasteiger partial charge in [0.15, 0.2) is 0 Å². The fraction of sp³-hybridized carbons (Fsp3) is 0.200. The van der Waals surface area contributed by atoms with Crippen LogP contribution in [0.15, 0.2) is 48.5 Å².